The molecular weight excluding hydrogens is 452 g/mol. The van der Waals surface area contributed by atoms with Crippen LogP contribution in [0.2, 0.25) is 5.15 Å². The Bertz CT molecular complexity index is 1170. The average Bonchev–Trinajstić information content (AvgIpc) is 3.21. The number of aromatic nitrogens is 4. The van der Waals surface area contributed by atoms with Crippen molar-refractivity contribution in [1.82, 2.24) is 29.7 Å². The van der Waals surface area contributed by atoms with Gasteiger partial charge in [0.25, 0.3) is 0 Å². The van der Waals surface area contributed by atoms with Gasteiger partial charge in [-0.3, -0.25) is 4.98 Å². The summed E-state index contributed by atoms with van der Waals surface area (Å²) in [5, 5.41) is 1.26. The maximum Gasteiger partial charge on any atom is 0.410 e. The van der Waals surface area contributed by atoms with Crippen LogP contribution in [0.15, 0.2) is 30.7 Å². The molecule has 5 rings (SSSR count). The Balaban J connectivity index is 1.09. The van der Waals surface area contributed by atoms with Gasteiger partial charge in [-0.05, 0) is 64.9 Å². The molecule has 2 aliphatic rings. The molecule has 0 atom stereocenters. The molecule has 1 N–H and O–H groups in total. The van der Waals surface area contributed by atoms with Crippen LogP contribution in [-0.4, -0.2) is 74.2 Å². The lowest BCUT2D eigenvalue weighted by atomic mass is 9.72. The Labute approximate surface area is 204 Å². The maximum atomic E-state index is 12.2. The van der Waals surface area contributed by atoms with Gasteiger partial charge in [0.05, 0.1) is 5.39 Å². The van der Waals surface area contributed by atoms with Crippen LogP contribution in [0.4, 0.5) is 4.79 Å². The Morgan fingerprint density at radius 1 is 1.18 bits per heavy atom. The highest BCUT2D eigenvalue weighted by Gasteiger charge is 2.47. The Morgan fingerprint density at radius 2 is 1.94 bits per heavy atom. The first-order valence-corrected chi connectivity index (χ1v) is 12.2. The number of rotatable bonds is 4. The predicted octanol–water partition coefficient (Wildman–Crippen LogP) is 4.55. The van der Waals surface area contributed by atoms with Crippen molar-refractivity contribution < 1.29 is 9.53 Å². The van der Waals surface area contributed by atoms with Crippen LogP contribution in [-0.2, 0) is 11.2 Å². The molecule has 34 heavy (non-hydrogen) atoms. The minimum Gasteiger partial charge on any atom is -0.444 e. The summed E-state index contributed by atoms with van der Waals surface area (Å²) in [5.41, 5.74) is 3.57. The molecule has 0 radical (unpaired) electrons. The van der Waals surface area contributed by atoms with Crippen molar-refractivity contribution >= 4 is 28.7 Å². The van der Waals surface area contributed by atoms with Gasteiger partial charge >= 0.3 is 6.09 Å². The molecule has 0 aromatic carbocycles. The van der Waals surface area contributed by atoms with E-state index in [1.165, 1.54) is 6.33 Å². The number of aromatic amines is 1. The van der Waals surface area contributed by atoms with E-state index in [0.29, 0.717) is 5.15 Å². The maximum absolute atomic E-state index is 12.2. The van der Waals surface area contributed by atoms with Crippen molar-refractivity contribution in [2.75, 3.05) is 32.7 Å². The number of hydrogen-bond acceptors (Lipinski definition) is 6. The van der Waals surface area contributed by atoms with Crippen molar-refractivity contribution in [3.05, 3.63) is 41.6 Å². The minimum atomic E-state index is -0.437. The highest BCUT2D eigenvalue weighted by molar-refractivity contribution is 6.34. The van der Waals surface area contributed by atoms with Crippen molar-refractivity contribution in [3.63, 3.8) is 0 Å². The number of halogens is 1. The van der Waals surface area contributed by atoms with Crippen LogP contribution < -0.4 is 0 Å². The summed E-state index contributed by atoms with van der Waals surface area (Å²) >= 11 is 6.16. The van der Waals surface area contributed by atoms with Gasteiger partial charge in [-0.15, -0.1) is 0 Å². The standard InChI is InChI=1S/C25H31ClN6O2/c1-24(2,3)34-23(33)32-14-25(15-32)7-10-31(11-8-25)9-6-18-5-4-17(13-27-18)20-12-19-21(26)28-16-29-22(19)30-20/h4-5,12-13,16H,6-11,14-15H2,1-3H3,(H,28,29,30). The average molecular weight is 483 g/mol. The number of hydrogen-bond donors (Lipinski definition) is 1. The van der Waals surface area contributed by atoms with Crippen molar-refractivity contribution in [3.8, 4) is 11.3 Å². The highest BCUT2D eigenvalue weighted by atomic mass is 35.5. The highest BCUT2D eigenvalue weighted by Crippen LogP contribution is 2.41. The van der Waals surface area contributed by atoms with E-state index >= 15 is 0 Å². The van der Waals surface area contributed by atoms with E-state index in [9.17, 15) is 4.79 Å². The minimum absolute atomic E-state index is 0.182. The van der Waals surface area contributed by atoms with Crippen LogP contribution in [0.1, 0.15) is 39.3 Å². The number of amides is 1. The van der Waals surface area contributed by atoms with Crippen LogP contribution in [0.25, 0.3) is 22.3 Å². The third kappa shape index (κ3) is 4.88. The van der Waals surface area contributed by atoms with Gasteiger partial charge in [-0.25, -0.2) is 14.8 Å². The smallest absolute Gasteiger partial charge is 0.410 e. The van der Waals surface area contributed by atoms with Gasteiger partial charge in [-0.2, -0.15) is 0 Å². The van der Waals surface area contributed by atoms with Crippen molar-refractivity contribution in [1.29, 1.82) is 0 Å². The quantitative estimate of drug-likeness (QED) is 0.549. The lowest BCUT2D eigenvalue weighted by molar-refractivity contribution is -0.0591. The number of likely N-dealkylation sites (tertiary alicyclic amines) is 2. The van der Waals surface area contributed by atoms with Gasteiger partial charge in [0.2, 0.25) is 0 Å². The van der Waals surface area contributed by atoms with Crippen molar-refractivity contribution in [2.45, 2.75) is 45.6 Å². The Morgan fingerprint density at radius 3 is 2.59 bits per heavy atom. The summed E-state index contributed by atoms with van der Waals surface area (Å²) < 4.78 is 5.50. The van der Waals surface area contributed by atoms with E-state index < -0.39 is 5.60 Å². The molecule has 8 nitrogen and oxygen atoms in total. The van der Waals surface area contributed by atoms with Gasteiger partial charge in [0, 0.05) is 54.6 Å². The summed E-state index contributed by atoms with van der Waals surface area (Å²) in [4.78, 5) is 32.8. The molecule has 2 fully saturated rings. The second kappa shape index (κ2) is 8.82. The number of pyridine rings is 1. The first-order chi connectivity index (χ1) is 16.2. The number of H-pyrrole nitrogens is 1. The third-order valence-electron chi connectivity index (χ3n) is 6.82. The molecule has 0 saturated carbocycles. The van der Waals surface area contributed by atoms with E-state index in [-0.39, 0.29) is 11.5 Å². The molecule has 0 unspecified atom stereocenters. The van der Waals surface area contributed by atoms with E-state index in [0.717, 1.165) is 80.0 Å². The Kier molecular flexibility index (Phi) is 5.98. The molecule has 2 aliphatic heterocycles. The molecule has 3 aromatic heterocycles. The second-order valence-corrected chi connectivity index (χ2v) is 10.9. The SMILES string of the molecule is CC(C)(C)OC(=O)N1CC2(CCN(CCc3ccc(-c4cc5c(Cl)ncnc5[nH]4)cn3)CC2)C1. The zero-order valence-corrected chi connectivity index (χ0v) is 20.7. The second-order valence-electron chi connectivity index (χ2n) is 10.6. The van der Waals surface area contributed by atoms with Crippen LogP contribution in [0.5, 0.6) is 0 Å². The number of piperidine rings is 1. The molecule has 1 amide bonds. The number of carbonyl (C=O) groups is 1. The summed E-state index contributed by atoms with van der Waals surface area (Å²) in [6.07, 6.45) is 6.35. The zero-order chi connectivity index (χ0) is 23.9. The fraction of sp³-hybridized carbons (Fsp3) is 0.520. The molecule has 3 aromatic rings. The number of ether oxygens (including phenoxy) is 1. The van der Waals surface area contributed by atoms with Crippen molar-refractivity contribution in [2.24, 2.45) is 5.41 Å². The predicted molar refractivity (Wildman–Crippen MR) is 132 cm³/mol. The molecule has 2 saturated heterocycles. The summed E-state index contributed by atoms with van der Waals surface area (Å²) in [6, 6.07) is 6.13. The van der Waals surface area contributed by atoms with Gasteiger partial charge in [0.15, 0.2) is 0 Å². The first kappa shape index (κ1) is 23.1. The number of nitrogens with one attached hydrogen (secondary N) is 1. The number of fused-ring (bicyclic) bond motifs is 1. The van der Waals surface area contributed by atoms with Gasteiger partial charge in [-0.1, -0.05) is 11.6 Å². The van der Waals surface area contributed by atoms with Crippen LogP contribution in [0.3, 0.4) is 0 Å². The fourth-order valence-electron chi connectivity index (χ4n) is 4.86. The van der Waals surface area contributed by atoms with Crippen LogP contribution >= 0.6 is 11.6 Å². The topological polar surface area (TPSA) is 87.2 Å². The number of nitrogens with zero attached hydrogens (tertiary/aromatic N) is 5. The lowest BCUT2D eigenvalue weighted by Gasteiger charge is -2.53. The van der Waals surface area contributed by atoms with Gasteiger partial charge < -0.3 is 19.5 Å². The Hall–Kier alpha value is -2.71. The fourth-order valence-corrected chi connectivity index (χ4v) is 5.04. The molecule has 9 heteroatoms. The normalized spacial score (nSPS) is 18.3. The van der Waals surface area contributed by atoms with E-state index in [2.05, 4.69) is 37.0 Å². The van der Waals surface area contributed by atoms with Crippen LogP contribution in [0, 0.1) is 5.41 Å². The lowest BCUT2D eigenvalue weighted by Crippen LogP contribution is -2.62. The summed E-state index contributed by atoms with van der Waals surface area (Å²) in [7, 11) is 0. The molecule has 0 bridgehead atoms. The first-order valence-electron chi connectivity index (χ1n) is 11.8. The van der Waals surface area contributed by atoms with Gasteiger partial charge in [0.1, 0.15) is 22.7 Å². The molecule has 0 aliphatic carbocycles. The molecular formula is C25H31ClN6O2. The zero-order valence-electron chi connectivity index (χ0n) is 20.0. The molecule has 1 spiro atoms. The number of carbonyl (C=O) groups excluding carboxylic acids is 1. The largest absolute Gasteiger partial charge is 0.444 e. The monoisotopic (exact) mass is 482 g/mol. The van der Waals surface area contributed by atoms with E-state index in [4.69, 9.17) is 16.3 Å². The molecule has 180 valence electrons. The summed E-state index contributed by atoms with van der Waals surface area (Å²) in [6.45, 7) is 10.5. The summed E-state index contributed by atoms with van der Waals surface area (Å²) in [5.74, 6) is 0. The van der Waals surface area contributed by atoms with E-state index in [1.54, 1.807) is 0 Å². The van der Waals surface area contributed by atoms with E-state index in [1.807, 2.05) is 37.9 Å². The molecule has 5 heterocycles. The third-order valence-corrected chi connectivity index (χ3v) is 7.12.